The average Bonchev–Trinajstić information content (AvgIpc) is 2.48. The quantitative estimate of drug-likeness (QED) is 0.771. The second-order valence-corrected chi connectivity index (χ2v) is 6.49. The van der Waals surface area contributed by atoms with Gasteiger partial charge in [-0.15, -0.1) is 0 Å². The Morgan fingerprint density at radius 3 is 2.55 bits per heavy atom. The molecule has 0 saturated carbocycles. The van der Waals surface area contributed by atoms with E-state index in [-0.39, 0.29) is 12.5 Å². The number of ether oxygens (including phenoxy) is 1. The highest BCUT2D eigenvalue weighted by atomic mass is 16.6. The third-order valence-electron chi connectivity index (χ3n) is 3.92. The van der Waals surface area contributed by atoms with E-state index in [0.717, 1.165) is 37.3 Å². The van der Waals surface area contributed by atoms with E-state index in [1.165, 1.54) is 0 Å². The largest absolute Gasteiger partial charge is 0.513 e. The third-order valence-corrected chi connectivity index (χ3v) is 3.92. The molecule has 2 aliphatic heterocycles. The normalized spacial score (nSPS) is 23.8. The molecule has 0 amide bonds. The number of hydrogen-bond donors (Lipinski definition) is 0. The highest BCUT2D eigenvalue weighted by molar-refractivity contribution is 6.60. The Hall–Kier alpha value is -0.905. The van der Waals surface area contributed by atoms with Gasteiger partial charge in [0.15, 0.2) is 0 Å². The molecule has 1 aromatic heterocycles. The van der Waals surface area contributed by atoms with Crippen LogP contribution in [0.25, 0.3) is 0 Å². The van der Waals surface area contributed by atoms with Gasteiger partial charge in [0.05, 0.1) is 5.59 Å². The zero-order valence-corrected chi connectivity index (χ0v) is 12.3. The van der Waals surface area contributed by atoms with Crippen LogP contribution in [-0.2, 0) is 14.0 Å². The van der Waals surface area contributed by atoms with E-state index in [1.54, 1.807) is 0 Å². The topological polar surface area (TPSA) is 40.6 Å². The zero-order valence-electron chi connectivity index (χ0n) is 12.3. The summed E-state index contributed by atoms with van der Waals surface area (Å²) in [4.78, 5) is 4.76. The summed E-state index contributed by atoms with van der Waals surface area (Å²) in [6.07, 6.45) is 2.10. The Balaban J connectivity index is 1.71. The molecule has 1 aromatic rings. The molecule has 0 radical (unpaired) electrons. The predicted octanol–water partition coefficient (Wildman–Crippen LogP) is 1.74. The van der Waals surface area contributed by atoms with Crippen LogP contribution in [0.1, 0.15) is 38.3 Å². The number of rotatable bonds is 2. The van der Waals surface area contributed by atoms with E-state index in [1.807, 2.05) is 6.07 Å². The molecule has 0 N–H and O–H groups in total. The van der Waals surface area contributed by atoms with Crippen molar-refractivity contribution in [1.29, 1.82) is 0 Å². The van der Waals surface area contributed by atoms with Crippen molar-refractivity contribution >= 4 is 12.7 Å². The second-order valence-electron chi connectivity index (χ2n) is 6.49. The maximum absolute atomic E-state index is 5.81. The SMILES string of the molecule is CC1(C)COB(c2cccc(C3CCOCC3)n2)OC1. The molecule has 2 fully saturated rings. The molecule has 108 valence electrons. The fourth-order valence-electron chi connectivity index (χ4n) is 2.68. The van der Waals surface area contributed by atoms with E-state index < -0.39 is 0 Å². The van der Waals surface area contributed by atoms with E-state index >= 15 is 0 Å². The van der Waals surface area contributed by atoms with Gasteiger partial charge in [0.1, 0.15) is 0 Å². The molecule has 2 saturated heterocycles. The minimum Gasteiger partial charge on any atom is -0.406 e. The van der Waals surface area contributed by atoms with Crippen molar-refractivity contribution in [2.75, 3.05) is 26.4 Å². The highest BCUT2D eigenvalue weighted by Gasteiger charge is 2.34. The summed E-state index contributed by atoms with van der Waals surface area (Å²) in [6.45, 7) is 7.38. The zero-order chi connectivity index (χ0) is 14.0. The summed E-state index contributed by atoms with van der Waals surface area (Å²) in [6, 6.07) is 6.15. The smallest absolute Gasteiger partial charge is 0.406 e. The fourth-order valence-corrected chi connectivity index (χ4v) is 2.68. The van der Waals surface area contributed by atoms with E-state index in [9.17, 15) is 0 Å². The van der Waals surface area contributed by atoms with Crippen molar-refractivity contribution in [3.8, 4) is 0 Å². The van der Waals surface area contributed by atoms with Gasteiger partial charge in [-0.05, 0) is 25.0 Å². The molecule has 0 unspecified atom stereocenters. The minimum absolute atomic E-state index is 0.0921. The molecule has 20 heavy (non-hydrogen) atoms. The Kier molecular flexibility index (Phi) is 4.10. The average molecular weight is 275 g/mol. The fraction of sp³-hybridized carbons (Fsp3) is 0.667. The van der Waals surface area contributed by atoms with Gasteiger partial charge in [0.2, 0.25) is 0 Å². The molecule has 0 atom stereocenters. The summed E-state index contributed by atoms with van der Waals surface area (Å²) in [7, 11) is -0.317. The van der Waals surface area contributed by atoms with Gasteiger partial charge in [0.25, 0.3) is 0 Å². The first-order valence-electron chi connectivity index (χ1n) is 7.42. The second kappa shape index (κ2) is 5.84. The van der Waals surface area contributed by atoms with Gasteiger partial charge in [-0.2, -0.15) is 0 Å². The molecule has 3 heterocycles. The molecule has 3 rings (SSSR count). The highest BCUT2D eigenvalue weighted by Crippen LogP contribution is 2.25. The first-order valence-corrected chi connectivity index (χ1v) is 7.42. The van der Waals surface area contributed by atoms with Crippen molar-refractivity contribution in [2.24, 2.45) is 5.41 Å². The lowest BCUT2D eigenvalue weighted by Crippen LogP contribution is -2.48. The lowest BCUT2D eigenvalue weighted by atomic mass is 9.79. The lowest BCUT2D eigenvalue weighted by Gasteiger charge is -2.33. The number of nitrogens with zero attached hydrogens (tertiary/aromatic N) is 1. The molecule has 2 aliphatic rings. The van der Waals surface area contributed by atoms with Gasteiger partial charge in [-0.1, -0.05) is 19.9 Å². The van der Waals surface area contributed by atoms with Crippen LogP contribution < -0.4 is 5.59 Å². The summed E-state index contributed by atoms with van der Waals surface area (Å²) in [5.41, 5.74) is 2.13. The van der Waals surface area contributed by atoms with Crippen molar-refractivity contribution in [2.45, 2.75) is 32.6 Å². The molecule has 0 aliphatic carbocycles. The predicted molar refractivity (Wildman–Crippen MR) is 78.1 cm³/mol. The van der Waals surface area contributed by atoms with E-state index in [4.69, 9.17) is 19.0 Å². The third kappa shape index (κ3) is 3.22. The number of pyridine rings is 1. The summed E-state index contributed by atoms with van der Waals surface area (Å²) >= 11 is 0. The van der Waals surface area contributed by atoms with E-state index in [0.29, 0.717) is 19.1 Å². The first-order chi connectivity index (χ1) is 9.64. The maximum atomic E-state index is 5.81. The van der Waals surface area contributed by atoms with Crippen molar-refractivity contribution in [1.82, 2.24) is 4.98 Å². The molecular weight excluding hydrogens is 253 g/mol. The molecular formula is C15H22BNO3. The molecule has 0 aromatic carbocycles. The van der Waals surface area contributed by atoms with E-state index in [2.05, 4.69) is 26.0 Å². The number of hydrogen-bond acceptors (Lipinski definition) is 4. The summed E-state index contributed by atoms with van der Waals surface area (Å²) in [5.74, 6) is 0.503. The molecule has 0 spiro atoms. The Bertz CT molecular complexity index is 450. The van der Waals surface area contributed by atoms with Crippen LogP contribution in [0.5, 0.6) is 0 Å². The van der Waals surface area contributed by atoms with Crippen LogP contribution in [0.15, 0.2) is 18.2 Å². The Labute approximate surface area is 121 Å². The minimum atomic E-state index is -0.317. The molecule has 5 heteroatoms. The Morgan fingerprint density at radius 1 is 1.15 bits per heavy atom. The lowest BCUT2D eigenvalue weighted by molar-refractivity contribution is 0.0339. The monoisotopic (exact) mass is 275 g/mol. The van der Waals surface area contributed by atoms with Crippen LogP contribution >= 0.6 is 0 Å². The van der Waals surface area contributed by atoms with Crippen molar-refractivity contribution < 1.29 is 14.0 Å². The van der Waals surface area contributed by atoms with Crippen LogP contribution in [0, 0.1) is 5.41 Å². The molecule has 0 bridgehead atoms. The summed E-state index contributed by atoms with van der Waals surface area (Å²) in [5, 5.41) is 0. The van der Waals surface area contributed by atoms with Gasteiger partial charge < -0.3 is 14.0 Å². The van der Waals surface area contributed by atoms with Gasteiger partial charge in [0, 0.05) is 43.5 Å². The maximum Gasteiger partial charge on any atom is 0.513 e. The van der Waals surface area contributed by atoms with Gasteiger partial charge in [-0.3, -0.25) is 4.98 Å². The standard InChI is InChI=1S/C15H22BNO3/c1-15(2)10-19-16(20-11-15)14-5-3-4-13(17-14)12-6-8-18-9-7-12/h3-5,12H,6-11H2,1-2H3. The van der Waals surface area contributed by atoms with Crippen LogP contribution in [0.3, 0.4) is 0 Å². The van der Waals surface area contributed by atoms with Gasteiger partial charge in [-0.25, -0.2) is 0 Å². The summed E-state index contributed by atoms with van der Waals surface area (Å²) < 4.78 is 17.0. The van der Waals surface area contributed by atoms with Gasteiger partial charge >= 0.3 is 7.12 Å². The number of aromatic nitrogens is 1. The van der Waals surface area contributed by atoms with Crippen molar-refractivity contribution in [3.63, 3.8) is 0 Å². The van der Waals surface area contributed by atoms with Crippen molar-refractivity contribution in [3.05, 3.63) is 23.9 Å². The van der Waals surface area contributed by atoms with Crippen LogP contribution in [0.4, 0.5) is 0 Å². The first kappa shape index (κ1) is 14.0. The Morgan fingerprint density at radius 2 is 1.85 bits per heavy atom. The van der Waals surface area contributed by atoms with Crippen LogP contribution in [-0.4, -0.2) is 38.5 Å². The molecule has 4 nitrogen and oxygen atoms in total. The van der Waals surface area contributed by atoms with Crippen LogP contribution in [0.2, 0.25) is 0 Å².